The fraction of sp³-hybridized carbons (Fsp3) is 0.333. The highest BCUT2D eigenvalue weighted by Gasteiger charge is 1.99. The minimum Gasteiger partial charge on any atom is -0.399 e. The van der Waals surface area contributed by atoms with E-state index in [4.69, 9.17) is 10.5 Å². The maximum absolute atomic E-state index is 5.62. The molecule has 0 saturated carbocycles. The Labute approximate surface area is 80.8 Å². The van der Waals surface area contributed by atoms with Crippen molar-refractivity contribution in [3.05, 3.63) is 28.2 Å². The molecular formula is C9H12BrNO. The van der Waals surface area contributed by atoms with Gasteiger partial charge in [0.1, 0.15) is 0 Å². The lowest BCUT2D eigenvalue weighted by Crippen LogP contribution is -1.94. The van der Waals surface area contributed by atoms with Gasteiger partial charge in [0.25, 0.3) is 0 Å². The second-order valence-electron chi connectivity index (χ2n) is 2.49. The van der Waals surface area contributed by atoms with Crippen LogP contribution >= 0.6 is 15.9 Å². The zero-order chi connectivity index (χ0) is 8.97. The number of ether oxygens (including phenoxy) is 1. The topological polar surface area (TPSA) is 35.2 Å². The SMILES string of the molecule is CCOCc1cc(N)ccc1Br. The fourth-order valence-corrected chi connectivity index (χ4v) is 1.28. The van der Waals surface area contributed by atoms with Crippen molar-refractivity contribution in [2.45, 2.75) is 13.5 Å². The molecule has 66 valence electrons. The average Bonchev–Trinajstić information content (AvgIpc) is 2.07. The van der Waals surface area contributed by atoms with Gasteiger partial charge in [0.2, 0.25) is 0 Å². The van der Waals surface area contributed by atoms with Crippen LogP contribution in [0.25, 0.3) is 0 Å². The predicted molar refractivity (Wildman–Crippen MR) is 53.9 cm³/mol. The van der Waals surface area contributed by atoms with Crippen molar-refractivity contribution in [3.8, 4) is 0 Å². The summed E-state index contributed by atoms with van der Waals surface area (Å²) in [4.78, 5) is 0. The Morgan fingerprint density at radius 3 is 2.92 bits per heavy atom. The molecule has 0 amide bonds. The molecule has 0 saturated heterocycles. The monoisotopic (exact) mass is 229 g/mol. The summed E-state index contributed by atoms with van der Waals surface area (Å²) < 4.78 is 6.32. The van der Waals surface area contributed by atoms with E-state index in [1.54, 1.807) is 0 Å². The van der Waals surface area contributed by atoms with Gasteiger partial charge in [0, 0.05) is 16.8 Å². The van der Waals surface area contributed by atoms with Crippen LogP contribution in [0, 0.1) is 0 Å². The largest absolute Gasteiger partial charge is 0.399 e. The third-order valence-electron chi connectivity index (χ3n) is 1.53. The molecule has 0 bridgehead atoms. The zero-order valence-electron chi connectivity index (χ0n) is 7.01. The van der Waals surface area contributed by atoms with Crippen LogP contribution in [0.1, 0.15) is 12.5 Å². The van der Waals surface area contributed by atoms with Crippen molar-refractivity contribution in [2.75, 3.05) is 12.3 Å². The van der Waals surface area contributed by atoms with Gasteiger partial charge in [-0.05, 0) is 30.7 Å². The van der Waals surface area contributed by atoms with Gasteiger partial charge in [-0.25, -0.2) is 0 Å². The lowest BCUT2D eigenvalue weighted by atomic mass is 10.2. The fourth-order valence-electron chi connectivity index (χ4n) is 0.917. The van der Waals surface area contributed by atoms with Crippen LogP contribution in [0.15, 0.2) is 22.7 Å². The van der Waals surface area contributed by atoms with Crippen molar-refractivity contribution < 1.29 is 4.74 Å². The molecule has 0 heterocycles. The first-order valence-corrected chi connectivity index (χ1v) is 4.65. The molecule has 2 nitrogen and oxygen atoms in total. The number of hydrogen-bond donors (Lipinski definition) is 1. The van der Waals surface area contributed by atoms with Crippen LogP contribution in [0.4, 0.5) is 5.69 Å². The van der Waals surface area contributed by atoms with Crippen LogP contribution in [-0.4, -0.2) is 6.61 Å². The molecule has 0 aliphatic rings. The first-order chi connectivity index (χ1) is 5.74. The molecule has 1 aromatic rings. The van der Waals surface area contributed by atoms with Crippen LogP contribution in [0.5, 0.6) is 0 Å². The summed E-state index contributed by atoms with van der Waals surface area (Å²) in [5.74, 6) is 0. The molecule has 1 rings (SSSR count). The molecule has 0 aliphatic heterocycles. The number of rotatable bonds is 3. The Bertz CT molecular complexity index is 263. The van der Waals surface area contributed by atoms with Gasteiger partial charge < -0.3 is 10.5 Å². The summed E-state index contributed by atoms with van der Waals surface area (Å²) in [6.07, 6.45) is 0. The number of halogens is 1. The molecule has 0 spiro atoms. The summed E-state index contributed by atoms with van der Waals surface area (Å²) in [5, 5.41) is 0. The molecule has 2 N–H and O–H groups in total. The molecule has 0 radical (unpaired) electrons. The quantitative estimate of drug-likeness (QED) is 0.810. The highest BCUT2D eigenvalue weighted by Crippen LogP contribution is 2.20. The van der Waals surface area contributed by atoms with Crippen LogP contribution in [0.2, 0.25) is 0 Å². The van der Waals surface area contributed by atoms with E-state index in [1.807, 2.05) is 25.1 Å². The van der Waals surface area contributed by atoms with Crippen molar-refractivity contribution >= 4 is 21.6 Å². The van der Waals surface area contributed by atoms with Crippen molar-refractivity contribution in [1.29, 1.82) is 0 Å². The minimum absolute atomic E-state index is 0.613. The van der Waals surface area contributed by atoms with E-state index < -0.39 is 0 Å². The van der Waals surface area contributed by atoms with E-state index in [9.17, 15) is 0 Å². The maximum atomic E-state index is 5.62. The van der Waals surface area contributed by atoms with Gasteiger partial charge in [-0.1, -0.05) is 15.9 Å². The standard InChI is InChI=1S/C9H12BrNO/c1-2-12-6-7-5-8(11)3-4-9(7)10/h3-5H,2,6,11H2,1H3. The highest BCUT2D eigenvalue weighted by atomic mass is 79.9. The maximum Gasteiger partial charge on any atom is 0.0728 e. The van der Waals surface area contributed by atoms with Crippen LogP contribution in [0.3, 0.4) is 0 Å². The van der Waals surface area contributed by atoms with Gasteiger partial charge in [-0.15, -0.1) is 0 Å². The van der Waals surface area contributed by atoms with Crippen LogP contribution in [-0.2, 0) is 11.3 Å². The van der Waals surface area contributed by atoms with Crippen molar-refractivity contribution in [2.24, 2.45) is 0 Å². The van der Waals surface area contributed by atoms with Gasteiger partial charge in [0.15, 0.2) is 0 Å². The molecule has 1 aromatic carbocycles. The molecule has 0 unspecified atom stereocenters. The third kappa shape index (κ3) is 2.50. The summed E-state index contributed by atoms with van der Waals surface area (Å²) in [7, 11) is 0. The van der Waals surface area contributed by atoms with Crippen LogP contribution < -0.4 is 5.73 Å². The summed E-state index contributed by atoms with van der Waals surface area (Å²) >= 11 is 3.43. The van der Waals surface area contributed by atoms with E-state index in [1.165, 1.54) is 0 Å². The number of nitrogens with two attached hydrogens (primary N) is 1. The van der Waals surface area contributed by atoms with E-state index in [0.717, 1.165) is 22.3 Å². The Hall–Kier alpha value is -0.540. The minimum atomic E-state index is 0.613. The Morgan fingerprint density at radius 1 is 1.50 bits per heavy atom. The summed E-state index contributed by atoms with van der Waals surface area (Å²) in [6.45, 7) is 3.31. The van der Waals surface area contributed by atoms with Gasteiger partial charge in [-0.3, -0.25) is 0 Å². The lowest BCUT2D eigenvalue weighted by Gasteiger charge is -2.04. The van der Waals surface area contributed by atoms with Gasteiger partial charge in [-0.2, -0.15) is 0 Å². The molecular weight excluding hydrogens is 218 g/mol. The number of nitrogen functional groups attached to an aromatic ring is 1. The Balaban J connectivity index is 2.75. The van der Waals surface area contributed by atoms with Gasteiger partial charge in [0.05, 0.1) is 6.61 Å². The summed E-state index contributed by atoms with van der Waals surface area (Å²) in [6, 6.07) is 5.71. The second kappa shape index (κ2) is 4.48. The normalized spacial score (nSPS) is 10.2. The van der Waals surface area contributed by atoms with E-state index in [-0.39, 0.29) is 0 Å². The van der Waals surface area contributed by atoms with E-state index >= 15 is 0 Å². The number of anilines is 1. The zero-order valence-corrected chi connectivity index (χ0v) is 8.60. The Morgan fingerprint density at radius 2 is 2.25 bits per heavy atom. The average molecular weight is 230 g/mol. The molecule has 0 atom stereocenters. The van der Waals surface area contributed by atoms with E-state index in [2.05, 4.69) is 15.9 Å². The van der Waals surface area contributed by atoms with Crippen molar-refractivity contribution in [1.82, 2.24) is 0 Å². The molecule has 12 heavy (non-hydrogen) atoms. The first kappa shape index (κ1) is 9.55. The smallest absolute Gasteiger partial charge is 0.0728 e. The predicted octanol–water partition coefficient (Wildman–Crippen LogP) is 2.57. The molecule has 3 heteroatoms. The summed E-state index contributed by atoms with van der Waals surface area (Å²) in [5.41, 5.74) is 7.49. The lowest BCUT2D eigenvalue weighted by molar-refractivity contribution is 0.133. The highest BCUT2D eigenvalue weighted by molar-refractivity contribution is 9.10. The molecule has 0 aromatic heterocycles. The second-order valence-corrected chi connectivity index (χ2v) is 3.34. The number of benzene rings is 1. The molecule has 0 fully saturated rings. The first-order valence-electron chi connectivity index (χ1n) is 3.85. The third-order valence-corrected chi connectivity index (χ3v) is 2.31. The van der Waals surface area contributed by atoms with E-state index in [0.29, 0.717) is 6.61 Å². The molecule has 0 aliphatic carbocycles. The number of hydrogen-bond acceptors (Lipinski definition) is 2. The Kier molecular flexibility index (Phi) is 3.56. The van der Waals surface area contributed by atoms with Crippen molar-refractivity contribution in [3.63, 3.8) is 0 Å². The van der Waals surface area contributed by atoms with Gasteiger partial charge >= 0.3 is 0 Å².